The van der Waals surface area contributed by atoms with Crippen molar-refractivity contribution in [1.82, 2.24) is 0 Å². The van der Waals surface area contributed by atoms with Crippen LogP contribution in [0.25, 0.3) is 0 Å². The Morgan fingerprint density at radius 3 is 1.20 bits per heavy atom. The van der Waals surface area contributed by atoms with Gasteiger partial charge in [-0.25, -0.2) is 0 Å². The summed E-state index contributed by atoms with van der Waals surface area (Å²) in [7, 11) is 0. The summed E-state index contributed by atoms with van der Waals surface area (Å²) in [6.45, 7) is 10.4. The van der Waals surface area contributed by atoms with Crippen LogP contribution in [0.1, 0.15) is 89.2 Å². The van der Waals surface area contributed by atoms with E-state index in [1.165, 1.54) is 75.3 Å². The highest BCUT2D eigenvalue weighted by Crippen LogP contribution is 2.13. The van der Waals surface area contributed by atoms with E-state index in [4.69, 9.17) is 9.47 Å². The monoisotopic (exact) mass is 412 g/mol. The molecule has 0 fully saturated rings. The Labute approximate surface area is 186 Å². The number of ether oxygens (including phenoxy) is 2. The van der Waals surface area contributed by atoms with E-state index in [2.05, 4.69) is 52.0 Å². The second-order valence-electron chi connectivity index (χ2n) is 8.15. The van der Waals surface area contributed by atoms with Crippen LogP contribution in [-0.4, -0.2) is 13.2 Å². The Hall–Kier alpha value is -1.96. The molecule has 0 spiro atoms. The number of hydrogen-bond acceptors (Lipinski definition) is 2. The molecule has 0 unspecified atom stereocenters. The van der Waals surface area contributed by atoms with Crippen LogP contribution in [0.2, 0.25) is 0 Å². The number of unbranched alkanes of at least 4 members (excludes halogenated alkanes) is 8. The maximum Gasteiger partial charge on any atom is 0.119 e. The maximum absolute atomic E-state index is 5.67. The molecule has 0 aliphatic heterocycles. The molecular weight excluding hydrogens is 368 g/mol. The summed E-state index contributed by atoms with van der Waals surface area (Å²) in [6, 6.07) is 16.5. The second-order valence-corrected chi connectivity index (χ2v) is 8.15. The largest absolute Gasteiger partial charge is 0.494 e. The van der Waals surface area contributed by atoms with E-state index in [0.717, 1.165) is 24.7 Å². The summed E-state index contributed by atoms with van der Waals surface area (Å²) < 4.78 is 11.3. The molecule has 0 aliphatic carbocycles. The van der Waals surface area contributed by atoms with Gasteiger partial charge < -0.3 is 9.47 Å². The van der Waals surface area contributed by atoms with Gasteiger partial charge in [0.25, 0.3) is 0 Å². The van der Waals surface area contributed by atoms with Crippen LogP contribution in [0.3, 0.4) is 0 Å². The van der Waals surface area contributed by atoms with Gasteiger partial charge in [0.15, 0.2) is 0 Å². The van der Waals surface area contributed by atoms with Crippen molar-refractivity contribution in [2.24, 2.45) is 0 Å². The lowest BCUT2D eigenvalue weighted by molar-refractivity contribution is 0.304. The molecule has 2 aromatic carbocycles. The van der Waals surface area contributed by atoms with E-state index in [1.54, 1.807) is 0 Å². The minimum absolute atomic E-state index is 0.850. The van der Waals surface area contributed by atoms with Crippen LogP contribution < -0.4 is 9.47 Å². The molecule has 0 radical (unpaired) electrons. The molecule has 0 saturated heterocycles. The summed E-state index contributed by atoms with van der Waals surface area (Å²) in [4.78, 5) is 0. The normalized spacial score (nSPS) is 10.3. The fraction of sp³-hybridized carbons (Fsp3) is 0.571. The topological polar surface area (TPSA) is 18.5 Å². The quantitative estimate of drug-likeness (QED) is 0.289. The number of benzene rings is 2. The van der Waals surface area contributed by atoms with Gasteiger partial charge in [0, 0.05) is 0 Å². The first-order chi connectivity index (χ1) is 14.7. The average Bonchev–Trinajstić information content (AvgIpc) is 2.76. The van der Waals surface area contributed by atoms with Crippen LogP contribution in [-0.2, 0) is 0 Å². The second kappa shape index (κ2) is 17.9. The highest BCUT2D eigenvalue weighted by Gasteiger charge is 1.94. The van der Waals surface area contributed by atoms with E-state index in [-0.39, 0.29) is 0 Å². The Bertz CT molecular complexity index is 616. The Kier molecular flexibility index (Phi) is 15.5. The number of aryl methyl sites for hydroxylation is 2. The minimum atomic E-state index is 0.850. The summed E-state index contributed by atoms with van der Waals surface area (Å²) >= 11 is 0. The van der Waals surface area contributed by atoms with Gasteiger partial charge in [-0.05, 0) is 51.0 Å². The van der Waals surface area contributed by atoms with Gasteiger partial charge in [-0.2, -0.15) is 0 Å². The van der Waals surface area contributed by atoms with Crippen molar-refractivity contribution in [3.63, 3.8) is 0 Å². The van der Waals surface area contributed by atoms with Gasteiger partial charge in [0.1, 0.15) is 11.5 Å². The zero-order chi connectivity index (χ0) is 21.9. The smallest absolute Gasteiger partial charge is 0.119 e. The molecule has 0 saturated carbocycles. The molecular formula is C28H44O2. The minimum Gasteiger partial charge on any atom is -0.494 e. The lowest BCUT2D eigenvalue weighted by Crippen LogP contribution is -1.97. The van der Waals surface area contributed by atoms with Crippen LogP contribution >= 0.6 is 0 Å². The first kappa shape index (κ1) is 26.1. The standard InChI is InChI=1S/C15H24O.C13H20O/c1-3-4-5-6-7-8-13-16-15-11-9-14(2)10-12-15;1-3-4-5-6-11-14-13-9-7-12(2)8-10-13/h9-12H,3-8,13H2,1-2H3;7-10H,3-6,11H2,1-2H3. The number of hydrogen-bond donors (Lipinski definition) is 0. The van der Waals surface area contributed by atoms with E-state index in [0.29, 0.717) is 0 Å². The molecule has 2 nitrogen and oxygen atoms in total. The molecule has 0 bridgehead atoms. The van der Waals surface area contributed by atoms with Gasteiger partial charge >= 0.3 is 0 Å². The molecule has 0 heterocycles. The number of rotatable bonds is 14. The molecule has 2 rings (SSSR count). The highest BCUT2D eigenvalue weighted by molar-refractivity contribution is 5.26. The molecule has 0 aliphatic rings. The van der Waals surface area contributed by atoms with E-state index in [9.17, 15) is 0 Å². The van der Waals surface area contributed by atoms with E-state index < -0.39 is 0 Å². The van der Waals surface area contributed by atoms with Crippen molar-refractivity contribution in [2.45, 2.75) is 91.9 Å². The van der Waals surface area contributed by atoms with Gasteiger partial charge in [0.2, 0.25) is 0 Å². The SMILES string of the molecule is CCCCCCCCOc1ccc(C)cc1.CCCCCCOc1ccc(C)cc1. The summed E-state index contributed by atoms with van der Waals surface area (Å²) in [5.74, 6) is 1.99. The zero-order valence-corrected chi connectivity index (χ0v) is 19.9. The van der Waals surface area contributed by atoms with Crippen molar-refractivity contribution in [1.29, 1.82) is 0 Å². The third kappa shape index (κ3) is 14.1. The van der Waals surface area contributed by atoms with Crippen molar-refractivity contribution < 1.29 is 9.47 Å². The predicted octanol–water partition coefficient (Wildman–Crippen LogP) is 8.69. The van der Waals surface area contributed by atoms with Crippen LogP contribution in [0, 0.1) is 13.8 Å². The lowest BCUT2D eigenvalue weighted by atomic mass is 10.1. The zero-order valence-electron chi connectivity index (χ0n) is 19.9. The third-order valence-corrected chi connectivity index (χ3v) is 5.08. The molecule has 30 heavy (non-hydrogen) atoms. The van der Waals surface area contributed by atoms with E-state index >= 15 is 0 Å². The fourth-order valence-corrected chi connectivity index (χ4v) is 3.06. The summed E-state index contributed by atoms with van der Waals surface area (Å²) in [5, 5.41) is 0. The third-order valence-electron chi connectivity index (χ3n) is 5.08. The molecule has 168 valence electrons. The molecule has 0 N–H and O–H groups in total. The first-order valence-electron chi connectivity index (χ1n) is 12.0. The van der Waals surface area contributed by atoms with Crippen LogP contribution in [0.5, 0.6) is 11.5 Å². The summed E-state index contributed by atoms with van der Waals surface area (Å²) in [5.41, 5.74) is 2.57. The molecule has 2 aromatic rings. The molecule has 0 atom stereocenters. The van der Waals surface area contributed by atoms with Crippen LogP contribution in [0.15, 0.2) is 48.5 Å². The molecule has 0 aromatic heterocycles. The molecule has 2 heteroatoms. The Balaban J connectivity index is 0.000000303. The highest BCUT2D eigenvalue weighted by atomic mass is 16.5. The van der Waals surface area contributed by atoms with Gasteiger partial charge in [0.05, 0.1) is 13.2 Å². The Morgan fingerprint density at radius 2 is 0.800 bits per heavy atom. The van der Waals surface area contributed by atoms with E-state index in [1.807, 2.05) is 24.3 Å². The average molecular weight is 413 g/mol. The van der Waals surface area contributed by atoms with Crippen molar-refractivity contribution in [3.05, 3.63) is 59.7 Å². The predicted molar refractivity (Wildman–Crippen MR) is 131 cm³/mol. The first-order valence-corrected chi connectivity index (χ1v) is 12.0. The lowest BCUT2D eigenvalue weighted by Gasteiger charge is -2.06. The molecule has 0 amide bonds. The van der Waals surface area contributed by atoms with Crippen molar-refractivity contribution in [3.8, 4) is 11.5 Å². The van der Waals surface area contributed by atoms with Crippen molar-refractivity contribution >= 4 is 0 Å². The summed E-state index contributed by atoms with van der Waals surface area (Å²) in [6.07, 6.45) is 12.9. The Morgan fingerprint density at radius 1 is 0.467 bits per heavy atom. The van der Waals surface area contributed by atoms with Crippen LogP contribution in [0.4, 0.5) is 0 Å². The van der Waals surface area contributed by atoms with Gasteiger partial charge in [-0.1, -0.05) is 101 Å². The van der Waals surface area contributed by atoms with Gasteiger partial charge in [-0.3, -0.25) is 0 Å². The van der Waals surface area contributed by atoms with Gasteiger partial charge in [-0.15, -0.1) is 0 Å². The fourth-order valence-electron chi connectivity index (χ4n) is 3.06. The maximum atomic E-state index is 5.67. The van der Waals surface area contributed by atoms with Crippen molar-refractivity contribution in [2.75, 3.05) is 13.2 Å².